The first-order chi connectivity index (χ1) is 20.0. The molecule has 1 aromatic carbocycles. The van der Waals surface area contributed by atoms with E-state index in [-0.39, 0.29) is 18.3 Å². The van der Waals surface area contributed by atoms with Gasteiger partial charge in [-0.15, -0.1) is 11.3 Å². The summed E-state index contributed by atoms with van der Waals surface area (Å²) in [4.78, 5) is 31.4. The monoisotopic (exact) mass is 598 g/mol. The Labute approximate surface area is 244 Å². The molecule has 0 radical (unpaired) electrons. The van der Waals surface area contributed by atoms with Crippen molar-refractivity contribution in [3.05, 3.63) is 82.0 Å². The highest BCUT2D eigenvalue weighted by Gasteiger charge is 2.41. The predicted molar refractivity (Wildman–Crippen MR) is 151 cm³/mol. The third kappa shape index (κ3) is 6.18. The molecule has 0 saturated carbocycles. The Kier molecular flexibility index (Phi) is 8.35. The van der Waals surface area contributed by atoms with Gasteiger partial charge in [0, 0.05) is 30.0 Å². The highest BCUT2D eigenvalue weighted by molar-refractivity contribution is 7.15. The summed E-state index contributed by atoms with van der Waals surface area (Å²) in [6, 6.07) is 14.5. The number of aromatic nitrogens is 3. The smallest absolute Gasteiger partial charge is 0.434 e. The molecule has 0 spiro atoms. The van der Waals surface area contributed by atoms with E-state index in [1.54, 1.807) is 12.1 Å². The molecule has 42 heavy (non-hydrogen) atoms. The number of nitrogens with zero attached hydrogens (tertiary/aromatic N) is 4. The second-order valence-electron chi connectivity index (χ2n) is 10.1. The SMILES string of the molecule is CCC(=O)N1CCC(c2ccc(OCc3cc(C)sc3-c3cccc(-n4ncc(C(=O)O)c4C(F)(F)F)n3)cc2)CC1. The third-order valence-electron chi connectivity index (χ3n) is 7.28. The summed E-state index contributed by atoms with van der Waals surface area (Å²) in [5.41, 5.74) is 0.115. The number of aryl methyl sites for hydroxylation is 1. The first kappa shape index (κ1) is 29.3. The molecule has 0 atom stereocenters. The lowest BCUT2D eigenvalue weighted by Crippen LogP contribution is -2.37. The van der Waals surface area contributed by atoms with Crippen molar-refractivity contribution in [2.45, 2.75) is 51.8 Å². The van der Waals surface area contributed by atoms with Crippen molar-refractivity contribution < 1.29 is 32.6 Å². The molecule has 4 aromatic rings. The van der Waals surface area contributed by atoms with Crippen LogP contribution >= 0.6 is 11.3 Å². The summed E-state index contributed by atoms with van der Waals surface area (Å²) >= 11 is 1.43. The van der Waals surface area contributed by atoms with Crippen molar-refractivity contribution in [1.29, 1.82) is 0 Å². The molecule has 1 amide bonds. The van der Waals surface area contributed by atoms with Crippen molar-refractivity contribution in [2.75, 3.05) is 13.1 Å². The Morgan fingerprint density at radius 3 is 2.48 bits per heavy atom. The first-order valence-corrected chi connectivity index (χ1v) is 14.3. The number of thiophene rings is 1. The van der Waals surface area contributed by atoms with Gasteiger partial charge in [-0.2, -0.15) is 18.3 Å². The number of carboxylic acids is 1. The predicted octanol–water partition coefficient (Wildman–Crippen LogP) is 6.72. The number of hydrogen-bond donors (Lipinski definition) is 1. The van der Waals surface area contributed by atoms with E-state index in [9.17, 15) is 27.9 Å². The first-order valence-electron chi connectivity index (χ1n) is 13.5. The molecule has 8 nitrogen and oxygen atoms in total. The van der Waals surface area contributed by atoms with E-state index in [1.807, 2.05) is 36.9 Å². The number of alkyl halides is 3. The van der Waals surface area contributed by atoms with Gasteiger partial charge in [-0.05, 0) is 61.6 Å². The van der Waals surface area contributed by atoms with Crippen LogP contribution in [0.2, 0.25) is 0 Å². The lowest BCUT2D eigenvalue weighted by atomic mass is 9.89. The normalized spacial score (nSPS) is 14.3. The van der Waals surface area contributed by atoms with E-state index < -0.39 is 23.4 Å². The maximum absolute atomic E-state index is 13.7. The summed E-state index contributed by atoms with van der Waals surface area (Å²) < 4.78 is 47.8. The number of piperidine rings is 1. The number of halogens is 3. The van der Waals surface area contributed by atoms with Gasteiger partial charge in [0.2, 0.25) is 5.91 Å². The molecule has 3 aromatic heterocycles. The number of carbonyl (C=O) groups excluding carboxylic acids is 1. The van der Waals surface area contributed by atoms with Crippen LogP contribution in [0.3, 0.4) is 0 Å². The molecule has 1 aliphatic rings. The van der Waals surface area contributed by atoms with Gasteiger partial charge in [0.05, 0.1) is 16.8 Å². The van der Waals surface area contributed by atoms with Gasteiger partial charge in [-0.1, -0.05) is 25.1 Å². The third-order valence-corrected chi connectivity index (χ3v) is 8.40. The number of hydrogen-bond acceptors (Lipinski definition) is 6. The number of benzene rings is 1. The number of pyridine rings is 1. The zero-order valence-electron chi connectivity index (χ0n) is 23.0. The van der Waals surface area contributed by atoms with Crippen molar-refractivity contribution in [1.82, 2.24) is 19.7 Å². The standard InChI is InChI=1S/C30H29F3N4O4S/c1-3-26(38)36-13-11-20(12-14-36)19-7-9-22(10-8-19)41-17-21-15-18(2)42-27(21)24-5-4-6-25(35-24)37-28(30(31,32)33)23(16-34-37)29(39)40/h4-10,15-16,20H,3,11-14,17H2,1-2H3,(H,39,40). The zero-order valence-corrected chi connectivity index (χ0v) is 23.8. The van der Waals surface area contributed by atoms with Gasteiger partial charge in [-0.25, -0.2) is 14.5 Å². The molecule has 12 heteroatoms. The molecule has 4 heterocycles. The molecule has 0 aliphatic carbocycles. The van der Waals surface area contributed by atoms with Crippen LogP contribution in [-0.4, -0.2) is 49.7 Å². The number of aromatic carboxylic acids is 1. The van der Waals surface area contributed by atoms with E-state index in [4.69, 9.17) is 4.74 Å². The maximum atomic E-state index is 13.7. The van der Waals surface area contributed by atoms with Crippen molar-refractivity contribution in [2.24, 2.45) is 0 Å². The molecule has 5 rings (SSSR count). The Balaban J connectivity index is 1.31. The number of ether oxygens (including phenoxy) is 1. The van der Waals surface area contributed by atoms with Crippen LogP contribution in [-0.2, 0) is 17.6 Å². The van der Waals surface area contributed by atoms with Gasteiger partial charge in [0.1, 0.15) is 17.9 Å². The van der Waals surface area contributed by atoms with Crippen LogP contribution in [0.5, 0.6) is 5.75 Å². The average molecular weight is 599 g/mol. The Bertz CT molecular complexity index is 1590. The minimum Gasteiger partial charge on any atom is -0.489 e. The lowest BCUT2D eigenvalue weighted by molar-refractivity contribution is -0.143. The second-order valence-corrected chi connectivity index (χ2v) is 11.3. The number of carbonyl (C=O) groups is 2. The maximum Gasteiger partial charge on any atom is 0.434 e. The quantitative estimate of drug-likeness (QED) is 0.242. The van der Waals surface area contributed by atoms with Gasteiger partial charge in [-0.3, -0.25) is 4.79 Å². The van der Waals surface area contributed by atoms with Crippen LogP contribution in [0.25, 0.3) is 16.4 Å². The van der Waals surface area contributed by atoms with Gasteiger partial charge < -0.3 is 14.7 Å². The summed E-state index contributed by atoms with van der Waals surface area (Å²) in [6.07, 6.45) is -1.89. The van der Waals surface area contributed by atoms with Gasteiger partial charge >= 0.3 is 12.1 Å². The Hall–Kier alpha value is -4.19. The van der Waals surface area contributed by atoms with E-state index >= 15 is 0 Å². The molecular weight excluding hydrogens is 569 g/mol. The van der Waals surface area contributed by atoms with Crippen LogP contribution in [0.15, 0.2) is 54.7 Å². The Morgan fingerprint density at radius 1 is 1.12 bits per heavy atom. The number of amides is 1. The second kappa shape index (κ2) is 12.0. The molecule has 220 valence electrons. The van der Waals surface area contributed by atoms with Crippen LogP contribution in [0.1, 0.15) is 64.2 Å². The van der Waals surface area contributed by atoms with Crippen molar-refractivity contribution >= 4 is 23.2 Å². The molecule has 1 fully saturated rings. The fourth-order valence-electron chi connectivity index (χ4n) is 5.19. The number of rotatable bonds is 8. The zero-order chi connectivity index (χ0) is 30.0. The van der Waals surface area contributed by atoms with Crippen LogP contribution < -0.4 is 4.74 Å². The van der Waals surface area contributed by atoms with E-state index in [0.29, 0.717) is 34.7 Å². The summed E-state index contributed by atoms with van der Waals surface area (Å²) in [5, 5.41) is 12.9. The average Bonchev–Trinajstić information content (AvgIpc) is 3.60. The minimum atomic E-state index is -4.94. The fraction of sp³-hybridized carbons (Fsp3) is 0.333. The largest absolute Gasteiger partial charge is 0.489 e. The van der Waals surface area contributed by atoms with Crippen molar-refractivity contribution in [3.63, 3.8) is 0 Å². The Morgan fingerprint density at radius 2 is 1.83 bits per heavy atom. The van der Waals surface area contributed by atoms with Crippen LogP contribution in [0, 0.1) is 6.92 Å². The fourth-order valence-corrected chi connectivity index (χ4v) is 6.18. The lowest BCUT2D eigenvalue weighted by Gasteiger charge is -2.32. The van der Waals surface area contributed by atoms with Crippen LogP contribution in [0.4, 0.5) is 13.2 Å². The van der Waals surface area contributed by atoms with Crippen molar-refractivity contribution in [3.8, 4) is 22.1 Å². The molecule has 1 aliphatic heterocycles. The van der Waals surface area contributed by atoms with E-state index in [1.165, 1.54) is 23.0 Å². The van der Waals surface area contributed by atoms with E-state index in [2.05, 4.69) is 22.2 Å². The molecule has 1 N–H and O–H groups in total. The molecule has 1 saturated heterocycles. The summed E-state index contributed by atoms with van der Waals surface area (Å²) in [7, 11) is 0. The molecule has 0 unspecified atom stereocenters. The number of likely N-dealkylation sites (tertiary alicyclic amines) is 1. The topological polar surface area (TPSA) is 97.6 Å². The highest BCUT2D eigenvalue weighted by Crippen LogP contribution is 2.36. The number of carboxylic acid groups (broad SMARTS) is 1. The summed E-state index contributed by atoms with van der Waals surface area (Å²) in [5.74, 6) is -0.599. The molecular formula is C30H29F3N4O4S. The summed E-state index contributed by atoms with van der Waals surface area (Å²) in [6.45, 7) is 5.56. The molecule has 0 bridgehead atoms. The highest BCUT2D eigenvalue weighted by atomic mass is 32.1. The van der Waals surface area contributed by atoms with Gasteiger partial charge in [0.25, 0.3) is 0 Å². The minimum absolute atomic E-state index is 0.147. The van der Waals surface area contributed by atoms with E-state index in [0.717, 1.165) is 41.2 Å². The van der Waals surface area contributed by atoms with Gasteiger partial charge in [0.15, 0.2) is 11.5 Å².